The van der Waals surface area contributed by atoms with E-state index < -0.39 is 0 Å². The van der Waals surface area contributed by atoms with Crippen LogP contribution in [-0.2, 0) is 0 Å². The topological polar surface area (TPSA) is 7.12 Å². The standard InChI is InChI=1S/C9H15N2/c1-3-10(4-2)11-8-6-5-7-9-11/h5-9H,3-4H2,1-2H3/q+1. The first-order valence-corrected chi connectivity index (χ1v) is 4.10. The maximum atomic E-state index is 2.25. The van der Waals surface area contributed by atoms with E-state index in [0.717, 1.165) is 13.1 Å². The molecule has 1 rings (SSSR count). The predicted octanol–water partition coefficient (Wildman–Crippen LogP) is 0.952. The molecule has 0 aliphatic heterocycles. The fourth-order valence-electron chi connectivity index (χ4n) is 1.13. The summed E-state index contributed by atoms with van der Waals surface area (Å²) in [5.41, 5.74) is 0. The van der Waals surface area contributed by atoms with Crippen molar-refractivity contribution in [2.75, 3.05) is 18.1 Å². The molecule has 0 bridgehead atoms. The molecule has 1 aromatic heterocycles. The highest BCUT2D eigenvalue weighted by molar-refractivity contribution is 4.84. The van der Waals surface area contributed by atoms with E-state index in [4.69, 9.17) is 0 Å². The van der Waals surface area contributed by atoms with Crippen molar-refractivity contribution in [1.29, 1.82) is 0 Å². The Balaban J connectivity index is 2.74. The molecule has 1 heterocycles. The molecular formula is C9H15N2+. The Kier molecular flexibility index (Phi) is 2.90. The first-order chi connectivity index (χ1) is 5.38. The van der Waals surface area contributed by atoms with Gasteiger partial charge in [-0.05, 0) is 13.8 Å². The van der Waals surface area contributed by atoms with Crippen molar-refractivity contribution in [3.63, 3.8) is 0 Å². The van der Waals surface area contributed by atoms with E-state index >= 15 is 0 Å². The maximum Gasteiger partial charge on any atom is 0.199 e. The van der Waals surface area contributed by atoms with Gasteiger partial charge in [0.2, 0.25) is 0 Å². The quantitative estimate of drug-likeness (QED) is 0.583. The number of pyridine rings is 1. The summed E-state index contributed by atoms with van der Waals surface area (Å²) in [7, 11) is 0. The average Bonchev–Trinajstić information content (AvgIpc) is 2.09. The number of aromatic nitrogens is 1. The Morgan fingerprint density at radius 2 is 1.55 bits per heavy atom. The Morgan fingerprint density at radius 3 is 2.00 bits per heavy atom. The smallest absolute Gasteiger partial charge is 0.181 e. The van der Waals surface area contributed by atoms with Crippen molar-refractivity contribution in [2.24, 2.45) is 0 Å². The van der Waals surface area contributed by atoms with Gasteiger partial charge in [0.25, 0.3) is 0 Å². The highest BCUT2D eigenvalue weighted by atomic mass is 15.5. The molecule has 0 fully saturated rings. The number of nitrogens with zero attached hydrogens (tertiary/aromatic N) is 2. The lowest BCUT2D eigenvalue weighted by molar-refractivity contribution is -0.693. The van der Waals surface area contributed by atoms with Crippen LogP contribution in [0.4, 0.5) is 0 Å². The number of hydrogen-bond donors (Lipinski definition) is 0. The summed E-state index contributed by atoms with van der Waals surface area (Å²) >= 11 is 0. The Labute approximate surface area is 68.1 Å². The zero-order valence-corrected chi connectivity index (χ0v) is 7.20. The van der Waals surface area contributed by atoms with Crippen LogP contribution in [0.1, 0.15) is 13.8 Å². The molecule has 0 spiro atoms. The van der Waals surface area contributed by atoms with Gasteiger partial charge < -0.3 is 0 Å². The molecule has 0 aliphatic carbocycles. The van der Waals surface area contributed by atoms with Gasteiger partial charge >= 0.3 is 0 Å². The fourth-order valence-corrected chi connectivity index (χ4v) is 1.13. The minimum absolute atomic E-state index is 1.05. The molecule has 0 saturated heterocycles. The first-order valence-electron chi connectivity index (χ1n) is 4.10. The molecule has 0 amide bonds. The van der Waals surface area contributed by atoms with E-state index in [1.165, 1.54) is 0 Å². The molecular weight excluding hydrogens is 136 g/mol. The van der Waals surface area contributed by atoms with Crippen LogP contribution in [0.5, 0.6) is 0 Å². The van der Waals surface area contributed by atoms with E-state index in [1.54, 1.807) is 0 Å². The van der Waals surface area contributed by atoms with Crippen molar-refractivity contribution in [2.45, 2.75) is 13.8 Å². The van der Waals surface area contributed by atoms with Crippen molar-refractivity contribution >= 4 is 0 Å². The van der Waals surface area contributed by atoms with Crippen molar-refractivity contribution in [3.8, 4) is 0 Å². The molecule has 1 aromatic rings. The molecule has 2 nitrogen and oxygen atoms in total. The lowest BCUT2D eigenvalue weighted by atomic mass is 10.5. The van der Waals surface area contributed by atoms with Crippen molar-refractivity contribution in [1.82, 2.24) is 0 Å². The predicted molar refractivity (Wildman–Crippen MR) is 45.9 cm³/mol. The summed E-state index contributed by atoms with van der Waals surface area (Å²) in [5.74, 6) is 0. The van der Waals surface area contributed by atoms with Crippen molar-refractivity contribution < 1.29 is 4.68 Å². The average molecular weight is 151 g/mol. The monoisotopic (exact) mass is 151 g/mol. The van der Waals surface area contributed by atoms with Crippen LogP contribution in [-0.4, -0.2) is 13.1 Å². The van der Waals surface area contributed by atoms with Gasteiger partial charge in [0, 0.05) is 12.1 Å². The van der Waals surface area contributed by atoms with E-state index in [2.05, 4.69) is 35.9 Å². The summed E-state index contributed by atoms with van der Waals surface area (Å²) in [6.45, 7) is 6.41. The Hall–Kier alpha value is -1.05. The molecule has 0 saturated carbocycles. The Bertz CT molecular complexity index is 192. The van der Waals surface area contributed by atoms with E-state index in [9.17, 15) is 0 Å². The van der Waals surface area contributed by atoms with E-state index in [0.29, 0.717) is 0 Å². The molecule has 0 aliphatic rings. The molecule has 11 heavy (non-hydrogen) atoms. The van der Waals surface area contributed by atoms with E-state index in [1.807, 2.05) is 18.2 Å². The Morgan fingerprint density at radius 1 is 1.00 bits per heavy atom. The lowest BCUT2D eigenvalue weighted by Gasteiger charge is -2.12. The highest BCUT2D eigenvalue weighted by Crippen LogP contribution is 1.80. The summed E-state index contributed by atoms with van der Waals surface area (Å²) in [6.07, 6.45) is 4.12. The molecule has 60 valence electrons. The minimum atomic E-state index is 1.05. The van der Waals surface area contributed by atoms with Gasteiger partial charge in [0.1, 0.15) is 0 Å². The number of hydrogen-bond acceptors (Lipinski definition) is 1. The van der Waals surface area contributed by atoms with Crippen LogP contribution < -0.4 is 9.69 Å². The molecule has 0 unspecified atom stereocenters. The highest BCUT2D eigenvalue weighted by Gasteiger charge is 2.04. The molecule has 0 atom stereocenters. The normalized spacial score (nSPS) is 9.64. The third kappa shape index (κ3) is 1.93. The van der Waals surface area contributed by atoms with Crippen LogP contribution in [0.2, 0.25) is 0 Å². The van der Waals surface area contributed by atoms with E-state index in [-0.39, 0.29) is 0 Å². The third-order valence-corrected chi connectivity index (χ3v) is 1.76. The second-order valence-corrected chi connectivity index (χ2v) is 2.39. The summed E-state index contributed by atoms with van der Waals surface area (Å²) in [4.78, 5) is 0. The van der Waals surface area contributed by atoms with Crippen LogP contribution in [0, 0.1) is 0 Å². The van der Waals surface area contributed by atoms with Gasteiger partial charge in [-0.15, -0.1) is 0 Å². The van der Waals surface area contributed by atoms with Gasteiger partial charge in [-0.25, -0.2) is 0 Å². The zero-order valence-electron chi connectivity index (χ0n) is 7.20. The molecule has 0 N–H and O–H groups in total. The SMILES string of the molecule is CCN(CC)[n+]1ccccc1. The second kappa shape index (κ2) is 3.96. The summed E-state index contributed by atoms with van der Waals surface area (Å²) in [5, 5.41) is 2.25. The molecule has 0 aromatic carbocycles. The zero-order chi connectivity index (χ0) is 8.10. The van der Waals surface area contributed by atoms with Gasteiger partial charge in [-0.1, -0.05) is 10.7 Å². The van der Waals surface area contributed by atoms with Gasteiger partial charge in [0.05, 0.1) is 13.1 Å². The maximum absolute atomic E-state index is 2.25. The largest absolute Gasteiger partial charge is 0.199 e. The second-order valence-electron chi connectivity index (χ2n) is 2.39. The van der Waals surface area contributed by atoms with Crippen LogP contribution >= 0.6 is 0 Å². The van der Waals surface area contributed by atoms with Crippen molar-refractivity contribution in [3.05, 3.63) is 30.6 Å². The van der Waals surface area contributed by atoms with Crippen LogP contribution in [0.15, 0.2) is 30.6 Å². The fraction of sp³-hybridized carbons (Fsp3) is 0.444. The third-order valence-electron chi connectivity index (χ3n) is 1.76. The lowest BCUT2D eigenvalue weighted by Crippen LogP contribution is -2.56. The first kappa shape index (κ1) is 8.05. The molecule has 0 radical (unpaired) electrons. The van der Waals surface area contributed by atoms with Crippen LogP contribution in [0.25, 0.3) is 0 Å². The minimum Gasteiger partial charge on any atom is -0.181 e. The number of rotatable bonds is 3. The molecule has 2 heteroatoms. The summed E-state index contributed by atoms with van der Waals surface area (Å²) in [6, 6.07) is 6.11. The van der Waals surface area contributed by atoms with Gasteiger partial charge in [-0.3, -0.25) is 0 Å². The summed E-state index contributed by atoms with van der Waals surface area (Å²) < 4.78 is 2.11. The van der Waals surface area contributed by atoms with Gasteiger partial charge in [0.15, 0.2) is 12.4 Å². The van der Waals surface area contributed by atoms with Crippen LogP contribution in [0.3, 0.4) is 0 Å². The van der Waals surface area contributed by atoms with Gasteiger partial charge in [-0.2, -0.15) is 5.01 Å².